The van der Waals surface area contributed by atoms with Crippen molar-refractivity contribution in [2.45, 2.75) is 0 Å². The summed E-state index contributed by atoms with van der Waals surface area (Å²) in [5, 5.41) is 4.69. The topological polar surface area (TPSA) is 21.3 Å². The van der Waals surface area contributed by atoms with E-state index < -0.39 is 0 Å². The first-order valence-electron chi connectivity index (χ1n) is 23.6. The van der Waals surface area contributed by atoms with Crippen LogP contribution in [0, 0.1) is 0 Å². The third-order valence-corrected chi connectivity index (χ3v) is 13.6. The molecule has 0 bridgehead atoms. The second-order valence-electron chi connectivity index (χ2n) is 17.6. The predicted molar refractivity (Wildman–Crippen MR) is 290 cm³/mol. The van der Waals surface area contributed by atoms with Gasteiger partial charge in [0, 0.05) is 49.6 Å². The van der Waals surface area contributed by atoms with Crippen molar-refractivity contribution in [3.05, 3.63) is 267 Å². The van der Waals surface area contributed by atoms with Gasteiger partial charge in [-0.05, 0) is 99.6 Å². The molecule has 0 saturated carbocycles. The maximum Gasteiger partial charge on any atom is 0.143 e. The highest BCUT2D eigenvalue weighted by Gasteiger charge is 2.22. The molecule has 0 N–H and O–H groups in total. The van der Waals surface area contributed by atoms with Gasteiger partial charge in [-0.25, -0.2) is 0 Å². The quantitative estimate of drug-likeness (QED) is 0.144. The van der Waals surface area contributed by atoms with E-state index in [2.05, 4.69) is 270 Å². The van der Waals surface area contributed by atoms with Crippen molar-refractivity contribution in [3.8, 4) is 61.3 Å². The standard InChI is InChI=1S/C66H44N2O/c1-3-18-45(19-4-1)48-22-15-23-49(42-48)50-24-16-25-53(43-50)67(61-32-11-9-28-57(61)59-30-17-31-60-58-29-10-14-35-65(58)69-66(59)60)52-39-36-47(37-40-52)54-41-38-51(46-20-5-2-6-21-46)44-64(54)68-62-33-12-7-26-55(62)56-27-8-13-34-63(56)68/h1-44H. The van der Waals surface area contributed by atoms with Gasteiger partial charge >= 0.3 is 0 Å². The summed E-state index contributed by atoms with van der Waals surface area (Å²) in [4.78, 5) is 2.40. The Labute approximate surface area is 401 Å². The summed E-state index contributed by atoms with van der Waals surface area (Å²) in [6.07, 6.45) is 0. The van der Waals surface area contributed by atoms with Gasteiger partial charge in [-0.1, -0.05) is 206 Å². The minimum absolute atomic E-state index is 0.879. The van der Waals surface area contributed by atoms with Crippen LogP contribution in [0.4, 0.5) is 17.1 Å². The van der Waals surface area contributed by atoms with E-state index in [0.29, 0.717) is 0 Å². The van der Waals surface area contributed by atoms with E-state index >= 15 is 0 Å². The number of hydrogen-bond acceptors (Lipinski definition) is 2. The van der Waals surface area contributed by atoms with Crippen molar-refractivity contribution >= 4 is 60.8 Å². The molecule has 324 valence electrons. The molecular weight excluding hydrogens is 837 g/mol. The Hall–Kier alpha value is -9.18. The highest BCUT2D eigenvalue weighted by atomic mass is 16.3. The zero-order valence-corrected chi connectivity index (χ0v) is 37.7. The van der Waals surface area contributed by atoms with Gasteiger partial charge in [0.1, 0.15) is 11.2 Å². The van der Waals surface area contributed by atoms with Crippen LogP contribution in [0.15, 0.2) is 271 Å². The Kier molecular flexibility index (Phi) is 9.84. The summed E-state index contributed by atoms with van der Waals surface area (Å²) in [7, 11) is 0. The van der Waals surface area contributed by atoms with Crippen molar-refractivity contribution in [1.29, 1.82) is 0 Å². The zero-order valence-electron chi connectivity index (χ0n) is 37.7. The molecule has 0 aliphatic carbocycles. The Morgan fingerprint density at radius 3 is 1.52 bits per heavy atom. The Balaban J connectivity index is 0.991. The number of hydrogen-bond donors (Lipinski definition) is 0. The fourth-order valence-electron chi connectivity index (χ4n) is 10.4. The van der Waals surface area contributed by atoms with Crippen LogP contribution < -0.4 is 4.90 Å². The second kappa shape index (κ2) is 16.9. The summed E-state index contributed by atoms with van der Waals surface area (Å²) >= 11 is 0. The monoisotopic (exact) mass is 880 g/mol. The Bertz CT molecular complexity index is 3960. The molecule has 0 aliphatic rings. The average Bonchev–Trinajstić information content (AvgIpc) is 3.98. The van der Waals surface area contributed by atoms with E-state index in [-0.39, 0.29) is 0 Å². The first-order valence-corrected chi connectivity index (χ1v) is 23.6. The number of para-hydroxylation sites is 5. The molecule has 3 nitrogen and oxygen atoms in total. The molecule has 13 aromatic rings. The molecule has 0 radical (unpaired) electrons. The van der Waals surface area contributed by atoms with Crippen molar-refractivity contribution in [2.24, 2.45) is 0 Å². The van der Waals surface area contributed by atoms with Crippen LogP contribution >= 0.6 is 0 Å². The number of aromatic nitrogens is 1. The largest absolute Gasteiger partial charge is 0.455 e. The molecule has 0 fully saturated rings. The highest BCUT2D eigenvalue weighted by molar-refractivity contribution is 6.12. The van der Waals surface area contributed by atoms with Crippen LogP contribution in [0.5, 0.6) is 0 Å². The molecule has 0 atom stereocenters. The Morgan fingerprint density at radius 1 is 0.290 bits per heavy atom. The molecule has 0 amide bonds. The maximum atomic E-state index is 6.68. The minimum Gasteiger partial charge on any atom is -0.455 e. The van der Waals surface area contributed by atoms with Crippen LogP contribution in [-0.4, -0.2) is 4.57 Å². The van der Waals surface area contributed by atoms with Crippen LogP contribution in [-0.2, 0) is 0 Å². The van der Waals surface area contributed by atoms with E-state index in [1.54, 1.807) is 0 Å². The summed E-state index contributed by atoms with van der Waals surface area (Å²) in [6.45, 7) is 0. The molecule has 0 saturated heterocycles. The summed E-state index contributed by atoms with van der Waals surface area (Å²) < 4.78 is 9.13. The summed E-state index contributed by atoms with van der Waals surface area (Å²) in [5.41, 5.74) is 19.8. The number of nitrogens with zero attached hydrogens (tertiary/aromatic N) is 2. The fourth-order valence-corrected chi connectivity index (χ4v) is 10.4. The van der Waals surface area contributed by atoms with Gasteiger partial charge in [-0.2, -0.15) is 0 Å². The van der Waals surface area contributed by atoms with Gasteiger partial charge in [0.2, 0.25) is 0 Å². The predicted octanol–water partition coefficient (Wildman–Crippen LogP) is 18.5. The lowest BCUT2D eigenvalue weighted by atomic mass is 9.96. The van der Waals surface area contributed by atoms with Gasteiger partial charge in [0.15, 0.2) is 0 Å². The molecule has 0 spiro atoms. The second-order valence-corrected chi connectivity index (χ2v) is 17.6. The molecule has 13 rings (SSSR count). The van der Waals surface area contributed by atoms with Crippen LogP contribution in [0.1, 0.15) is 0 Å². The molecule has 3 heteroatoms. The van der Waals surface area contributed by atoms with E-state index in [0.717, 1.165) is 78.1 Å². The lowest BCUT2D eigenvalue weighted by Gasteiger charge is -2.28. The van der Waals surface area contributed by atoms with E-state index in [1.807, 2.05) is 6.07 Å². The normalized spacial score (nSPS) is 11.5. The zero-order chi connectivity index (χ0) is 45.7. The fraction of sp³-hybridized carbons (Fsp3) is 0. The third kappa shape index (κ3) is 7.08. The number of anilines is 3. The lowest BCUT2D eigenvalue weighted by Crippen LogP contribution is -2.11. The molecular formula is C66H44N2O. The summed E-state index contributed by atoms with van der Waals surface area (Å²) in [6, 6.07) is 96.1. The minimum atomic E-state index is 0.879. The molecule has 2 heterocycles. The first-order chi connectivity index (χ1) is 34.2. The van der Waals surface area contributed by atoms with Gasteiger partial charge in [0.25, 0.3) is 0 Å². The number of benzene rings is 11. The van der Waals surface area contributed by atoms with Crippen molar-refractivity contribution < 1.29 is 4.42 Å². The molecule has 0 unspecified atom stereocenters. The van der Waals surface area contributed by atoms with Crippen LogP contribution in [0.25, 0.3) is 105 Å². The first kappa shape index (κ1) is 40.1. The number of fused-ring (bicyclic) bond motifs is 6. The SMILES string of the molecule is c1ccc(-c2cccc(-c3cccc(N(c4ccc(-c5ccc(-c6ccccc6)cc5-n5c6ccccc6c6ccccc65)cc4)c4ccccc4-c4cccc5c4oc4ccccc45)c3)c2)cc1. The molecule has 2 aromatic heterocycles. The van der Waals surface area contributed by atoms with Crippen LogP contribution in [0.2, 0.25) is 0 Å². The van der Waals surface area contributed by atoms with Gasteiger partial charge in [-0.3, -0.25) is 0 Å². The van der Waals surface area contributed by atoms with E-state index in [9.17, 15) is 0 Å². The molecule has 11 aromatic carbocycles. The van der Waals surface area contributed by atoms with Crippen molar-refractivity contribution in [1.82, 2.24) is 4.57 Å². The van der Waals surface area contributed by atoms with Gasteiger partial charge in [-0.15, -0.1) is 0 Å². The highest BCUT2D eigenvalue weighted by Crippen LogP contribution is 2.46. The smallest absolute Gasteiger partial charge is 0.143 e. The maximum absolute atomic E-state index is 6.68. The Morgan fingerprint density at radius 2 is 0.797 bits per heavy atom. The molecule has 69 heavy (non-hydrogen) atoms. The van der Waals surface area contributed by atoms with Crippen LogP contribution in [0.3, 0.4) is 0 Å². The number of furan rings is 1. The van der Waals surface area contributed by atoms with Gasteiger partial charge in [0.05, 0.1) is 22.4 Å². The molecule has 0 aliphatic heterocycles. The lowest BCUT2D eigenvalue weighted by molar-refractivity contribution is 0.670. The van der Waals surface area contributed by atoms with Crippen molar-refractivity contribution in [3.63, 3.8) is 0 Å². The summed E-state index contributed by atoms with van der Waals surface area (Å²) in [5.74, 6) is 0. The third-order valence-electron chi connectivity index (χ3n) is 13.6. The van der Waals surface area contributed by atoms with Gasteiger partial charge < -0.3 is 13.9 Å². The average molecular weight is 881 g/mol. The van der Waals surface area contributed by atoms with E-state index in [4.69, 9.17) is 4.42 Å². The number of rotatable bonds is 9. The van der Waals surface area contributed by atoms with E-state index in [1.165, 1.54) is 44.1 Å². The van der Waals surface area contributed by atoms with Crippen molar-refractivity contribution in [2.75, 3.05) is 4.90 Å².